The second kappa shape index (κ2) is 9.11. The van der Waals surface area contributed by atoms with Crippen molar-refractivity contribution in [2.45, 2.75) is 77.0 Å². The average Bonchev–Trinajstić information content (AvgIpc) is 3.22. The largest absolute Gasteiger partial charge is 0.481 e. The van der Waals surface area contributed by atoms with Crippen molar-refractivity contribution in [1.82, 2.24) is 0 Å². The second-order valence-electron chi connectivity index (χ2n) is 7.79. The molecule has 4 nitrogen and oxygen atoms in total. The van der Waals surface area contributed by atoms with Gasteiger partial charge in [-0.05, 0) is 30.9 Å². The number of allylic oxidation sites excluding steroid dienone is 6. The van der Waals surface area contributed by atoms with E-state index >= 15 is 0 Å². The van der Waals surface area contributed by atoms with Crippen molar-refractivity contribution >= 4 is 5.97 Å². The molecule has 3 aliphatic rings. The van der Waals surface area contributed by atoms with Crippen molar-refractivity contribution in [3.8, 4) is 0 Å². The third-order valence-electron chi connectivity index (χ3n) is 5.79. The molecule has 0 bridgehead atoms. The number of aliphatic carboxylic acids is 1. The molecule has 1 heterocycles. The summed E-state index contributed by atoms with van der Waals surface area (Å²) in [6.07, 6.45) is 24.3. The van der Waals surface area contributed by atoms with Crippen molar-refractivity contribution in [2.75, 3.05) is 0 Å². The van der Waals surface area contributed by atoms with Crippen molar-refractivity contribution in [1.29, 1.82) is 0 Å². The summed E-state index contributed by atoms with van der Waals surface area (Å²) in [6, 6.07) is 0. The zero-order valence-electron chi connectivity index (χ0n) is 15.6. The van der Waals surface area contributed by atoms with Crippen molar-refractivity contribution in [3.63, 3.8) is 0 Å². The van der Waals surface area contributed by atoms with Gasteiger partial charge in [-0.1, -0.05) is 69.6 Å². The molecule has 1 atom stereocenters. The van der Waals surface area contributed by atoms with Gasteiger partial charge in [0.1, 0.15) is 0 Å². The molecule has 1 N–H and O–H groups in total. The summed E-state index contributed by atoms with van der Waals surface area (Å²) in [5, 5.41) is 16.9. The molecule has 26 heavy (non-hydrogen) atoms. The number of hydrogen-bond acceptors (Lipinski definition) is 3. The maximum atomic E-state index is 10.4. The number of carboxylic acids is 1. The lowest BCUT2D eigenvalue weighted by atomic mass is 9.70. The minimum absolute atomic E-state index is 0.189. The van der Waals surface area contributed by atoms with E-state index in [1.165, 1.54) is 62.5 Å². The van der Waals surface area contributed by atoms with Gasteiger partial charge in [0.2, 0.25) is 0 Å². The summed E-state index contributed by atoms with van der Waals surface area (Å²) in [6.45, 7) is 0. The SMILES string of the molecule is O=C(O)CCCCCCCCCCCC12C=CC=C1C=C1N=NC=C1C2. The molecule has 0 fully saturated rings. The summed E-state index contributed by atoms with van der Waals surface area (Å²) >= 11 is 0. The lowest BCUT2D eigenvalue weighted by Gasteiger charge is -2.34. The molecule has 1 unspecified atom stereocenters. The molecule has 3 rings (SSSR count). The highest BCUT2D eigenvalue weighted by molar-refractivity contribution is 5.66. The fourth-order valence-electron chi connectivity index (χ4n) is 4.26. The van der Waals surface area contributed by atoms with Crippen molar-refractivity contribution in [3.05, 3.63) is 47.3 Å². The second-order valence-corrected chi connectivity index (χ2v) is 7.79. The molecule has 0 amide bonds. The van der Waals surface area contributed by atoms with Gasteiger partial charge < -0.3 is 5.11 Å². The topological polar surface area (TPSA) is 62.0 Å². The maximum Gasteiger partial charge on any atom is 0.303 e. The molecule has 0 radical (unpaired) electrons. The fourth-order valence-corrected chi connectivity index (χ4v) is 4.26. The smallest absolute Gasteiger partial charge is 0.303 e. The Balaban J connectivity index is 1.27. The van der Waals surface area contributed by atoms with Gasteiger partial charge in [0.25, 0.3) is 0 Å². The van der Waals surface area contributed by atoms with Gasteiger partial charge in [-0.2, -0.15) is 10.2 Å². The number of unbranched alkanes of at least 4 members (excludes halogenated alkanes) is 8. The number of hydrogen-bond donors (Lipinski definition) is 1. The third-order valence-corrected chi connectivity index (χ3v) is 5.79. The average molecular weight is 354 g/mol. The van der Waals surface area contributed by atoms with Crippen LogP contribution in [0.3, 0.4) is 0 Å². The standard InChI is InChI=1S/C22H30N2O2/c25-21(26)12-8-6-4-2-1-3-5-7-9-13-22-14-10-11-19(22)15-20-18(16-22)17-23-24-20/h10-11,14-15,17H,1-9,12-13,16H2,(H,25,26). The van der Waals surface area contributed by atoms with E-state index in [1.54, 1.807) is 0 Å². The van der Waals surface area contributed by atoms with Crippen LogP contribution in [0.5, 0.6) is 0 Å². The van der Waals surface area contributed by atoms with Gasteiger partial charge in [-0.25, -0.2) is 0 Å². The Morgan fingerprint density at radius 2 is 1.73 bits per heavy atom. The molecule has 0 saturated heterocycles. The maximum absolute atomic E-state index is 10.4. The minimum atomic E-state index is -0.669. The first-order valence-corrected chi connectivity index (χ1v) is 10.1. The molecule has 2 aliphatic carbocycles. The number of rotatable bonds is 12. The Morgan fingerprint density at radius 3 is 2.46 bits per heavy atom. The van der Waals surface area contributed by atoms with Crippen molar-refractivity contribution < 1.29 is 9.90 Å². The quantitative estimate of drug-likeness (QED) is 0.408. The number of carbonyl (C=O) groups is 1. The summed E-state index contributed by atoms with van der Waals surface area (Å²) in [5.41, 5.74) is 3.94. The summed E-state index contributed by atoms with van der Waals surface area (Å²) in [4.78, 5) is 10.4. The van der Waals surface area contributed by atoms with Crippen LogP contribution in [0.15, 0.2) is 57.6 Å². The van der Waals surface area contributed by atoms with Gasteiger partial charge >= 0.3 is 5.97 Å². The lowest BCUT2D eigenvalue weighted by Crippen LogP contribution is -2.22. The van der Waals surface area contributed by atoms with Crippen LogP contribution in [-0.4, -0.2) is 11.1 Å². The van der Waals surface area contributed by atoms with Crippen molar-refractivity contribution in [2.24, 2.45) is 15.6 Å². The van der Waals surface area contributed by atoms with Gasteiger partial charge in [0.15, 0.2) is 0 Å². The summed E-state index contributed by atoms with van der Waals surface area (Å²) in [5.74, 6) is -0.669. The molecule has 0 aromatic carbocycles. The molecule has 140 valence electrons. The number of nitrogens with zero attached hydrogens (tertiary/aromatic N) is 2. The summed E-state index contributed by atoms with van der Waals surface area (Å²) in [7, 11) is 0. The van der Waals surface area contributed by atoms with Gasteiger partial charge in [0, 0.05) is 17.4 Å². The van der Waals surface area contributed by atoms with Crippen LogP contribution in [0.25, 0.3) is 0 Å². The van der Waals surface area contributed by atoms with E-state index in [2.05, 4.69) is 34.5 Å². The molecule has 0 aromatic rings. The fraction of sp³-hybridized carbons (Fsp3) is 0.591. The number of fused-ring (bicyclic) bond motifs is 2. The van der Waals surface area contributed by atoms with Crippen LogP contribution in [0.1, 0.15) is 77.0 Å². The number of carboxylic acid groups (broad SMARTS) is 1. The Bertz CT molecular complexity index is 670. The minimum Gasteiger partial charge on any atom is -0.481 e. The Kier molecular flexibility index (Phi) is 6.59. The third kappa shape index (κ3) is 4.80. The first-order valence-electron chi connectivity index (χ1n) is 10.1. The molecule has 0 aromatic heterocycles. The first kappa shape index (κ1) is 18.8. The molecule has 4 heteroatoms. The molecular formula is C22H30N2O2. The van der Waals surface area contributed by atoms with E-state index in [0.29, 0.717) is 6.42 Å². The Hall–Kier alpha value is -1.97. The normalized spacial score (nSPS) is 22.7. The Morgan fingerprint density at radius 1 is 1.04 bits per heavy atom. The lowest BCUT2D eigenvalue weighted by molar-refractivity contribution is -0.137. The first-order chi connectivity index (χ1) is 12.7. The highest BCUT2D eigenvalue weighted by atomic mass is 16.4. The monoisotopic (exact) mass is 354 g/mol. The zero-order valence-corrected chi connectivity index (χ0v) is 15.6. The van der Waals surface area contributed by atoms with Crippen LogP contribution in [0, 0.1) is 5.41 Å². The van der Waals surface area contributed by atoms with E-state index in [0.717, 1.165) is 25.0 Å². The number of azo groups is 1. The highest BCUT2D eigenvalue weighted by Crippen LogP contribution is 2.50. The van der Waals surface area contributed by atoms with Crippen LogP contribution < -0.4 is 0 Å². The zero-order chi connectivity index (χ0) is 18.2. The van der Waals surface area contributed by atoms with Gasteiger partial charge in [0.05, 0.1) is 11.9 Å². The van der Waals surface area contributed by atoms with E-state index < -0.39 is 5.97 Å². The van der Waals surface area contributed by atoms with Gasteiger partial charge in [-0.3, -0.25) is 4.79 Å². The van der Waals surface area contributed by atoms with Crippen LogP contribution in [-0.2, 0) is 4.79 Å². The van der Waals surface area contributed by atoms with E-state index in [4.69, 9.17) is 5.11 Å². The predicted octanol–water partition coefficient (Wildman–Crippen LogP) is 6.48. The van der Waals surface area contributed by atoms with Crippen LogP contribution >= 0.6 is 0 Å². The highest BCUT2D eigenvalue weighted by Gasteiger charge is 2.38. The van der Waals surface area contributed by atoms with Gasteiger partial charge in [-0.15, -0.1) is 0 Å². The molecule has 0 spiro atoms. The van der Waals surface area contributed by atoms with Crippen LogP contribution in [0.4, 0.5) is 0 Å². The van der Waals surface area contributed by atoms with E-state index in [-0.39, 0.29) is 5.41 Å². The molecular weight excluding hydrogens is 324 g/mol. The van der Waals surface area contributed by atoms with E-state index in [9.17, 15) is 4.79 Å². The van der Waals surface area contributed by atoms with E-state index in [1.807, 2.05) is 6.20 Å². The van der Waals surface area contributed by atoms with Crippen LogP contribution in [0.2, 0.25) is 0 Å². The predicted molar refractivity (Wildman–Crippen MR) is 104 cm³/mol. The Labute approximate surface area is 156 Å². The summed E-state index contributed by atoms with van der Waals surface area (Å²) < 4.78 is 0. The molecule has 0 saturated carbocycles. The molecule has 1 aliphatic heterocycles.